The van der Waals surface area contributed by atoms with Gasteiger partial charge in [0.25, 0.3) is 0 Å². The molecule has 1 fully saturated rings. The van der Waals surface area contributed by atoms with Crippen LogP contribution >= 0.6 is 0 Å². The van der Waals surface area contributed by atoms with Crippen molar-refractivity contribution in [2.24, 2.45) is 5.92 Å². The van der Waals surface area contributed by atoms with Gasteiger partial charge in [0.2, 0.25) is 5.91 Å². The SMILES string of the molecule is CN(C(=O)C1CC1c1ccc2c(c1)OCCO2)C(Cc1ccccc1)C(=O)O. The van der Waals surface area contributed by atoms with Gasteiger partial charge >= 0.3 is 5.97 Å². The summed E-state index contributed by atoms with van der Waals surface area (Å²) in [4.78, 5) is 26.1. The number of fused-ring (bicyclic) bond motifs is 1. The van der Waals surface area contributed by atoms with E-state index in [0.29, 0.717) is 25.4 Å². The third-order valence-corrected chi connectivity index (χ3v) is 5.47. The first-order chi connectivity index (χ1) is 13.5. The summed E-state index contributed by atoms with van der Waals surface area (Å²) in [6.45, 7) is 1.06. The van der Waals surface area contributed by atoms with E-state index in [9.17, 15) is 14.7 Å². The van der Waals surface area contributed by atoms with E-state index >= 15 is 0 Å². The molecule has 6 heteroatoms. The zero-order chi connectivity index (χ0) is 19.7. The van der Waals surface area contributed by atoms with E-state index in [4.69, 9.17) is 9.47 Å². The molecule has 2 aromatic rings. The number of ether oxygens (including phenoxy) is 2. The second-order valence-corrected chi connectivity index (χ2v) is 7.34. The Labute approximate surface area is 163 Å². The number of hydrogen-bond donors (Lipinski definition) is 1. The third kappa shape index (κ3) is 3.67. The molecule has 0 bridgehead atoms. The number of hydrogen-bond acceptors (Lipinski definition) is 4. The maximum absolute atomic E-state index is 12.9. The molecule has 0 aromatic heterocycles. The summed E-state index contributed by atoms with van der Waals surface area (Å²) >= 11 is 0. The molecule has 1 amide bonds. The van der Waals surface area contributed by atoms with Crippen LogP contribution in [-0.4, -0.2) is 48.2 Å². The fourth-order valence-corrected chi connectivity index (χ4v) is 3.77. The predicted molar refractivity (Wildman–Crippen MR) is 103 cm³/mol. The summed E-state index contributed by atoms with van der Waals surface area (Å²) in [5, 5.41) is 9.65. The molecule has 6 nitrogen and oxygen atoms in total. The summed E-state index contributed by atoms with van der Waals surface area (Å²) in [5.41, 5.74) is 1.93. The molecule has 2 aliphatic rings. The van der Waals surface area contributed by atoms with Crippen molar-refractivity contribution in [2.75, 3.05) is 20.3 Å². The largest absolute Gasteiger partial charge is 0.486 e. The highest BCUT2D eigenvalue weighted by Crippen LogP contribution is 2.50. The van der Waals surface area contributed by atoms with Gasteiger partial charge < -0.3 is 19.5 Å². The molecular weight excluding hydrogens is 358 g/mol. The minimum atomic E-state index is -0.990. The van der Waals surface area contributed by atoms with Crippen molar-refractivity contribution >= 4 is 11.9 Å². The molecule has 0 saturated heterocycles. The number of aliphatic carboxylic acids is 1. The number of amides is 1. The maximum atomic E-state index is 12.9. The number of carboxylic acid groups (broad SMARTS) is 1. The summed E-state index contributed by atoms with van der Waals surface area (Å²) in [6.07, 6.45) is 1.01. The molecule has 1 aliphatic heterocycles. The van der Waals surface area contributed by atoms with Crippen LogP contribution in [0.5, 0.6) is 11.5 Å². The van der Waals surface area contributed by atoms with Crippen molar-refractivity contribution in [3.63, 3.8) is 0 Å². The highest BCUT2D eigenvalue weighted by Gasteiger charge is 2.47. The average Bonchev–Trinajstić information content (AvgIpc) is 3.52. The van der Waals surface area contributed by atoms with E-state index in [2.05, 4.69) is 0 Å². The fourth-order valence-electron chi connectivity index (χ4n) is 3.77. The van der Waals surface area contributed by atoms with E-state index in [1.54, 1.807) is 7.05 Å². The minimum absolute atomic E-state index is 0.0944. The van der Waals surface area contributed by atoms with Gasteiger partial charge in [-0.25, -0.2) is 4.79 Å². The molecule has 0 radical (unpaired) electrons. The number of nitrogens with zero attached hydrogens (tertiary/aromatic N) is 1. The number of carbonyl (C=O) groups is 2. The molecule has 1 aliphatic carbocycles. The topological polar surface area (TPSA) is 76.1 Å². The van der Waals surface area contributed by atoms with Gasteiger partial charge in [-0.05, 0) is 35.6 Å². The molecule has 1 saturated carbocycles. The fraction of sp³-hybridized carbons (Fsp3) is 0.364. The monoisotopic (exact) mass is 381 g/mol. The molecule has 1 N–H and O–H groups in total. The lowest BCUT2D eigenvalue weighted by atomic mass is 10.0. The average molecular weight is 381 g/mol. The summed E-state index contributed by atoms with van der Waals surface area (Å²) < 4.78 is 11.2. The first kappa shape index (κ1) is 18.3. The van der Waals surface area contributed by atoms with E-state index in [1.165, 1.54) is 4.90 Å². The molecule has 4 rings (SSSR count). The highest BCUT2D eigenvalue weighted by atomic mass is 16.6. The second kappa shape index (κ2) is 7.54. The van der Waals surface area contributed by atoms with Crippen LogP contribution in [-0.2, 0) is 16.0 Å². The van der Waals surface area contributed by atoms with Crippen LogP contribution in [0.2, 0.25) is 0 Å². The van der Waals surface area contributed by atoms with Crippen LogP contribution in [0.3, 0.4) is 0 Å². The Morgan fingerprint density at radius 2 is 1.82 bits per heavy atom. The lowest BCUT2D eigenvalue weighted by molar-refractivity contribution is -0.149. The van der Waals surface area contributed by atoms with Gasteiger partial charge in [-0.3, -0.25) is 4.79 Å². The zero-order valence-corrected chi connectivity index (χ0v) is 15.7. The van der Waals surface area contributed by atoms with Crippen LogP contribution in [0.4, 0.5) is 0 Å². The van der Waals surface area contributed by atoms with Crippen molar-refractivity contribution in [1.29, 1.82) is 0 Å². The second-order valence-electron chi connectivity index (χ2n) is 7.34. The zero-order valence-electron chi connectivity index (χ0n) is 15.7. The van der Waals surface area contributed by atoms with Gasteiger partial charge in [-0.2, -0.15) is 0 Å². The van der Waals surface area contributed by atoms with Crippen LogP contribution < -0.4 is 9.47 Å². The Morgan fingerprint density at radius 1 is 1.11 bits per heavy atom. The van der Waals surface area contributed by atoms with Gasteiger partial charge in [0, 0.05) is 19.4 Å². The quantitative estimate of drug-likeness (QED) is 0.833. The van der Waals surface area contributed by atoms with Gasteiger partial charge in [0.1, 0.15) is 19.3 Å². The van der Waals surface area contributed by atoms with Gasteiger partial charge in [-0.15, -0.1) is 0 Å². The molecule has 3 unspecified atom stereocenters. The minimum Gasteiger partial charge on any atom is -0.486 e. The van der Waals surface area contributed by atoms with Crippen LogP contribution in [0, 0.1) is 5.92 Å². The molecule has 146 valence electrons. The summed E-state index contributed by atoms with van der Waals surface area (Å²) in [7, 11) is 1.59. The van der Waals surface area contributed by atoms with Crippen LogP contribution in [0.15, 0.2) is 48.5 Å². The summed E-state index contributed by atoms with van der Waals surface area (Å²) in [5.74, 6) is 0.230. The normalized spacial score (nSPS) is 20.9. The molecule has 1 heterocycles. The lowest BCUT2D eigenvalue weighted by Gasteiger charge is -2.25. The third-order valence-electron chi connectivity index (χ3n) is 5.47. The number of likely N-dealkylation sites (N-methyl/N-ethyl adjacent to an activating group) is 1. The summed E-state index contributed by atoms with van der Waals surface area (Å²) in [6, 6.07) is 14.3. The Kier molecular flexibility index (Phi) is 4.94. The van der Waals surface area contributed by atoms with Crippen molar-refractivity contribution in [2.45, 2.75) is 24.8 Å². The van der Waals surface area contributed by atoms with Crippen molar-refractivity contribution in [3.8, 4) is 11.5 Å². The molecule has 0 spiro atoms. The lowest BCUT2D eigenvalue weighted by Crippen LogP contribution is -2.44. The number of carboxylic acids is 1. The van der Waals surface area contributed by atoms with Gasteiger partial charge in [0.05, 0.1) is 0 Å². The van der Waals surface area contributed by atoms with E-state index < -0.39 is 12.0 Å². The van der Waals surface area contributed by atoms with Gasteiger partial charge in [0.15, 0.2) is 11.5 Å². The van der Waals surface area contributed by atoms with Crippen LogP contribution in [0.25, 0.3) is 0 Å². The number of benzene rings is 2. The van der Waals surface area contributed by atoms with Crippen molar-refractivity contribution in [1.82, 2.24) is 4.90 Å². The van der Waals surface area contributed by atoms with Crippen LogP contribution in [0.1, 0.15) is 23.5 Å². The smallest absolute Gasteiger partial charge is 0.326 e. The predicted octanol–water partition coefficient (Wildman–Crippen LogP) is 2.72. The van der Waals surface area contributed by atoms with E-state index in [1.807, 2.05) is 48.5 Å². The molecular formula is C22H23NO5. The van der Waals surface area contributed by atoms with Crippen molar-refractivity contribution in [3.05, 3.63) is 59.7 Å². The van der Waals surface area contributed by atoms with E-state index in [-0.39, 0.29) is 17.7 Å². The van der Waals surface area contributed by atoms with Gasteiger partial charge in [-0.1, -0.05) is 36.4 Å². The molecule has 28 heavy (non-hydrogen) atoms. The Bertz CT molecular complexity index is 882. The highest BCUT2D eigenvalue weighted by molar-refractivity contribution is 5.87. The first-order valence-electron chi connectivity index (χ1n) is 9.47. The van der Waals surface area contributed by atoms with Crippen molar-refractivity contribution < 1.29 is 24.2 Å². The maximum Gasteiger partial charge on any atom is 0.326 e. The number of carbonyl (C=O) groups excluding carboxylic acids is 1. The standard InChI is InChI=1S/C22H23NO5/c1-23(18(22(25)26)11-14-5-3-2-4-6-14)21(24)17-13-16(17)15-7-8-19-20(12-15)28-10-9-27-19/h2-8,12,16-18H,9-11,13H2,1H3,(H,25,26). The van der Waals surface area contributed by atoms with E-state index in [0.717, 1.165) is 23.3 Å². The Morgan fingerprint density at radius 3 is 2.54 bits per heavy atom. The Hall–Kier alpha value is -3.02. The molecule has 3 atom stereocenters. The first-order valence-corrected chi connectivity index (χ1v) is 9.47. The number of rotatable bonds is 6. The molecule has 2 aromatic carbocycles. The Balaban J connectivity index is 1.44.